The van der Waals surface area contributed by atoms with Gasteiger partial charge in [-0.05, 0) is 55.7 Å². The van der Waals surface area contributed by atoms with Gasteiger partial charge in [-0.15, -0.1) is 6.58 Å². The molecule has 7 heteroatoms. The van der Waals surface area contributed by atoms with Crippen LogP contribution in [0.25, 0.3) is 6.08 Å². The molecule has 0 unspecified atom stereocenters. The van der Waals surface area contributed by atoms with E-state index in [-0.39, 0.29) is 12.3 Å². The molecule has 7 nitrogen and oxygen atoms in total. The van der Waals surface area contributed by atoms with E-state index in [1.807, 2.05) is 13.0 Å². The number of rotatable bonds is 10. The van der Waals surface area contributed by atoms with E-state index in [0.29, 0.717) is 29.9 Å². The molecular formula is C21H25NO6. The number of nitro benzene ring substituents is 1. The summed E-state index contributed by atoms with van der Waals surface area (Å²) in [7, 11) is 0. The molecule has 3 N–H and O–H groups in total. The lowest BCUT2D eigenvalue weighted by Crippen LogP contribution is -2.25. The predicted octanol–water partition coefficient (Wildman–Crippen LogP) is 3.76. The van der Waals surface area contributed by atoms with Crippen molar-refractivity contribution in [1.29, 1.82) is 0 Å². The number of aliphatic hydroxyl groups excluding tert-OH is 3. The number of hydrogen-bond acceptors (Lipinski definition) is 6. The molecular weight excluding hydrogens is 362 g/mol. The van der Waals surface area contributed by atoms with Crippen LogP contribution in [0.15, 0.2) is 59.0 Å². The molecule has 2 rings (SSSR count). The molecule has 0 saturated carbocycles. The lowest BCUT2D eigenvalue weighted by molar-refractivity contribution is -0.384. The average Bonchev–Trinajstić information content (AvgIpc) is 3.14. The van der Waals surface area contributed by atoms with Crippen LogP contribution in [0.4, 0.5) is 5.69 Å². The first-order valence-corrected chi connectivity index (χ1v) is 8.95. The van der Waals surface area contributed by atoms with E-state index < -0.39 is 23.0 Å². The fourth-order valence-corrected chi connectivity index (χ4v) is 2.95. The molecule has 0 aliphatic rings. The minimum absolute atomic E-state index is 0.0605. The average molecular weight is 387 g/mol. The first kappa shape index (κ1) is 21.6. The second-order valence-corrected chi connectivity index (χ2v) is 6.67. The van der Waals surface area contributed by atoms with Gasteiger partial charge in [0.1, 0.15) is 18.1 Å². The SMILES string of the molecule is C=C[C@H]([C@H](O)CC/C(C)=C/c1ccc(CO)o1)[C@H](O)c1ccc([N+](=O)[O-])cc1. The Kier molecular flexibility index (Phi) is 7.69. The number of benzene rings is 1. The van der Waals surface area contributed by atoms with Crippen LogP contribution in [-0.2, 0) is 6.61 Å². The molecule has 3 atom stereocenters. The first-order valence-electron chi connectivity index (χ1n) is 8.95. The lowest BCUT2D eigenvalue weighted by atomic mass is 9.88. The predicted molar refractivity (Wildman–Crippen MR) is 105 cm³/mol. The summed E-state index contributed by atoms with van der Waals surface area (Å²) in [6.07, 6.45) is 2.45. The first-order chi connectivity index (χ1) is 13.3. The smallest absolute Gasteiger partial charge is 0.269 e. The highest BCUT2D eigenvalue weighted by atomic mass is 16.6. The lowest BCUT2D eigenvalue weighted by Gasteiger charge is -2.25. The quantitative estimate of drug-likeness (QED) is 0.325. The molecule has 1 heterocycles. The number of allylic oxidation sites excluding steroid dienone is 1. The van der Waals surface area contributed by atoms with Crippen LogP contribution < -0.4 is 0 Å². The maximum atomic E-state index is 10.7. The van der Waals surface area contributed by atoms with Gasteiger partial charge < -0.3 is 19.7 Å². The van der Waals surface area contributed by atoms with Gasteiger partial charge in [0, 0.05) is 18.1 Å². The zero-order chi connectivity index (χ0) is 20.7. The normalized spacial score (nSPS) is 15.1. The Balaban J connectivity index is 1.98. The number of nitro groups is 1. The Morgan fingerprint density at radius 3 is 2.46 bits per heavy atom. The number of hydrogen-bond donors (Lipinski definition) is 3. The molecule has 0 radical (unpaired) electrons. The van der Waals surface area contributed by atoms with Crippen molar-refractivity contribution >= 4 is 11.8 Å². The molecule has 0 aliphatic heterocycles. The summed E-state index contributed by atoms with van der Waals surface area (Å²) in [6.45, 7) is 5.45. The van der Waals surface area contributed by atoms with Crippen LogP contribution >= 0.6 is 0 Å². The molecule has 28 heavy (non-hydrogen) atoms. The molecule has 0 saturated heterocycles. The topological polar surface area (TPSA) is 117 Å². The van der Waals surface area contributed by atoms with Gasteiger partial charge >= 0.3 is 0 Å². The second kappa shape index (κ2) is 9.98. The number of nitrogens with zero attached hydrogens (tertiary/aromatic N) is 1. The summed E-state index contributed by atoms with van der Waals surface area (Å²) in [5.41, 5.74) is 1.40. The van der Waals surface area contributed by atoms with Gasteiger partial charge in [0.2, 0.25) is 0 Å². The van der Waals surface area contributed by atoms with Gasteiger partial charge in [-0.25, -0.2) is 0 Å². The highest BCUT2D eigenvalue weighted by Crippen LogP contribution is 2.29. The van der Waals surface area contributed by atoms with Crippen molar-refractivity contribution in [3.05, 3.63) is 81.8 Å². The maximum Gasteiger partial charge on any atom is 0.269 e. The zero-order valence-electron chi connectivity index (χ0n) is 15.7. The van der Waals surface area contributed by atoms with Gasteiger partial charge in [-0.3, -0.25) is 10.1 Å². The van der Waals surface area contributed by atoms with Gasteiger partial charge in [-0.1, -0.05) is 11.6 Å². The monoisotopic (exact) mass is 387 g/mol. The Morgan fingerprint density at radius 2 is 1.93 bits per heavy atom. The van der Waals surface area contributed by atoms with Crippen molar-refractivity contribution in [3.63, 3.8) is 0 Å². The number of aliphatic hydroxyl groups is 3. The Morgan fingerprint density at radius 1 is 1.25 bits per heavy atom. The van der Waals surface area contributed by atoms with E-state index in [4.69, 9.17) is 9.52 Å². The van der Waals surface area contributed by atoms with Gasteiger partial charge in [0.05, 0.1) is 17.1 Å². The molecule has 0 amide bonds. The van der Waals surface area contributed by atoms with Crippen LogP contribution in [0.1, 0.15) is 43.0 Å². The maximum absolute atomic E-state index is 10.7. The third-order valence-corrected chi connectivity index (χ3v) is 4.59. The fraction of sp³-hybridized carbons (Fsp3) is 0.333. The van der Waals surface area contributed by atoms with Crippen molar-refractivity contribution in [2.24, 2.45) is 5.92 Å². The molecule has 0 fully saturated rings. The van der Waals surface area contributed by atoms with E-state index in [0.717, 1.165) is 5.57 Å². The summed E-state index contributed by atoms with van der Waals surface area (Å²) in [5, 5.41) is 40.8. The van der Waals surface area contributed by atoms with E-state index in [9.17, 15) is 20.3 Å². The summed E-state index contributed by atoms with van der Waals surface area (Å²) in [5.74, 6) is 0.498. The highest BCUT2D eigenvalue weighted by molar-refractivity contribution is 5.46. The molecule has 0 bridgehead atoms. The Hall–Kier alpha value is -2.74. The van der Waals surface area contributed by atoms with Crippen molar-refractivity contribution in [2.75, 3.05) is 0 Å². The van der Waals surface area contributed by atoms with E-state index >= 15 is 0 Å². The molecule has 150 valence electrons. The molecule has 2 aromatic rings. The van der Waals surface area contributed by atoms with Crippen molar-refractivity contribution < 1.29 is 24.7 Å². The third-order valence-electron chi connectivity index (χ3n) is 4.59. The standard InChI is InChI=1S/C21H25NO6/c1-3-19(21(25)15-5-7-16(8-6-15)22(26)27)20(24)11-4-14(2)12-17-9-10-18(13-23)28-17/h3,5-10,12,19-21,23-25H,1,4,11,13H2,2H3/b14-12+/t19-,20-,21-/m1/s1. The third kappa shape index (κ3) is 5.63. The highest BCUT2D eigenvalue weighted by Gasteiger charge is 2.25. The van der Waals surface area contributed by atoms with Crippen molar-refractivity contribution in [3.8, 4) is 0 Å². The molecule has 1 aromatic carbocycles. The van der Waals surface area contributed by atoms with Gasteiger partial charge in [-0.2, -0.15) is 0 Å². The Bertz CT molecular complexity index is 824. The zero-order valence-corrected chi connectivity index (χ0v) is 15.7. The minimum Gasteiger partial charge on any atom is -0.459 e. The van der Waals surface area contributed by atoms with Gasteiger partial charge in [0.25, 0.3) is 5.69 Å². The summed E-state index contributed by atoms with van der Waals surface area (Å²) >= 11 is 0. The van der Waals surface area contributed by atoms with E-state index in [1.54, 1.807) is 12.1 Å². The van der Waals surface area contributed by atoms with E-state index in [2.05, 4.69) is 6.58 Å². The summed E-state index contributed by atoms with van der Waals surface area (Å²) in [6, 6.07) is 9.06. The van der Waals surface area contributed by atoms with Crippen molar-refractivity contribution in [1.82, 2.24) is 0 Å². The number of furan rings is 1. The summed E-state index contributed by atoms with van der Waals surface area (Å²) in [4.78, 5) is 10.2. The molecule has 0 aliphatic carbocycles. The van der Waals surface area contributed by atoms with Crippen LogP contribution in [-0.4, -0.2) is 26.3 Å². The van der Waals surface area contributed by atoms with Crippen LogP contribution in [0.2, 0.25) is 0 Å². The summed E-state index contributed by atoms with van der Waals surface area (Å²) < 4.78 is 5.41. The fourth-order valence-electron chi connectivity index (χ4n) is 2.95. The Labute approximate surface area is 163 Å². The number of non-ortho nitro benzene ring substituents is 1. The second-order valence-electron chi connectivity index (χ2n) is 6.67. The largest absolute Gasteiger partial charge is 0.459 e. The van der Waals surface area contributed by atoms with Crippen LogP contribution in [0.5, 0.6) is 0 Å². The molecule has 0 spiro atoms. The molecule has 1 aromatic heterocycles. The van der Waals surface area contributed by atoms with Crippen LogP contribution in [0.3, 0.4) is 0 Å². The van der Waals surface area contributed by atoms with Gasteiger partial charge in [0.15, 0.2) is 0 Å². The van der Waals surface area contributed by atoms with Crippen LogP contribution in [0, 0.1) is 16.0 Å². The van der Waals surface area contributed by atoms with E-state index in [1.165, 1.54) is 30.3 Å². The minimum atomic E-state index is -1.02. The van der Waals surface area contributed by atoms with Crippen molar-refractivity contribution in [2.45, 2.75) is 38.6 Å².